The van der Waals surface area contributed by atoms with E-state index in [4.69, 9.17) is 10.6 Å². The van der Waals surface area contributed by atoms with Crippen molar-refractivity contribution in [3.8, 4) is 11.1 Å². The van der Waals surface area contributed by atoms with Gasteiger partial charge in [-0.25, -0.2) is 9.18 Å². The molecule has 1 aromatic heterocycles. The van der Waals surface area contributed by atoms with Gasteiger partial charge in [-0.3, -0.25) is 14.9 Å². The Morgan fingerprint density at radius 2 is 2.19 bits per heavy atom. The summed E-state index contributed by atoms with van der Waals surface area (Å²) in [5, 5.41) is 6.86. The van der Waals surface area contributed by atoms with E-state index >= 15 is 0 Å². The van der Waals surface area contributed by atoms with Crippen molar-refractivity contribution in [3.63, 3.8) is 0 Å². The van der Waals surface area contributed by atoms with Crippen LogP contribution in [0, 0.1) is 5.82 Å². The molecule has 0 spiro atoms. The SMILES string of the molecule is C/N=C(\N=N/N)c1ccc(-c2ccc(N3CC(C)OC3=O)cc2F)cn1. The minimum Gasteiger partial charge on any atom is -0.444 e. The Morgan fingerprint density at radius 3 is 2.73 bits per heavy atom. The van der Waals surface area contributed by atoms with Crippen LogP contribution in [-0.4, -0.2) is 36.6 Å². The third-order valence-corrected chi connectivity index (χ3v) is 3.89. The average Bonchev–Trinajstić information content (AvgIpc) is 2.98. The Labute approximate surface area is 149 Å². The van der Waals surface area contributed by atoms with Crippen LogP contribution in [-0.2, 0) is 4.74 Å². The van der Waals surface area contributed by atoms with Gasteiger partial charge in [0.25, 0.3) is 0 Å². The monoisotopic (exact) mass is 356 g/mol. The fourth-order valence-corrected chi connectivity index (χ4v) is 2.67. The maximum atomic E-state index is 14.6. The van der Waals surface area contributed by atoms with Crippen LogP contribution >= 0.6 is 0 Å². The summed E-state index contributed by atoms with van der Waals surface area (Å²) < 4.78 is 19.6. The van der Waals surface area contributed by atoms with Crippen LogP contribution in [0.3, 0.4) is 0 Å². The molecule has 1 fully saturated rings. The molecule has 1 atom stereocenters. The zero-order valence-electron chi connectivity index (χ0n) is 14.3. The number of carbonyl (C=O) groups is 1. The van der Waals surface area contributed by atoms with E-state index < -0.39 is 11.9 Å². The fraction of sp³-hybridized carbons (Fsp3) is 0.235. The molecular formula is C17H17FN6O2. The van der Waals surface area contributed by atoms with Crippen molar-refractivity contribution in [2.24, 2.45) is 21.2 Å². The van der Waals surface area contributed by atoms with Crippen molar-refractivity contribution in [1.29, 1.82) is 0 Å². The van der Waals surface area contributed by atoms with Crippen molar-refractivity contribution < 1.29 is 13.9 Å². The first-order chi connectivity index (χ1) is 12.5. The number of cyclic esters (lactones) is 1. The number of aliphatic imine (C=N–C) groups is 1. The van der Waals surface area contributed by atoms with Gasteiger partial charge in [-0.05, 0) is 31.2 Å². The van der Waals surface area contributed by atoms with Gasteiger partial charge in [0.15, 0.2) is 5.84 Å². The van der Waals surface area contributed by atoms with Crippen LogP contribution in [0.4, 0.5) is 14.9 Å². The summed E-state index contributed by atoms with van der Waals surface area (Å²) in [6.07, 6.45) is 0.815. The number of pyridine rings is 1. The minimum absolute atomic E-state index is 0.220. The Hall–Kier alpha value is -3.36. The Morgan fingerprint density at radius 1 is 1.38 bits per heavy atom. The molecular weight excluding hydrogens is 339 g/mol. The predicted octanol–water partition coefficient (Wildman–Crippen LogP) is 2.94. The Bertz CT molecular complexity index is 881. The molecule has 0 saturated carbocycles. The van der Waals surface area contributed by atoms with Crippen molar-refractivity contribution >= 4 is 17.6 Å². The highest BCUT2D eigenvalue weighted by Gasteiger charge is 2.29. The number of amidine groups is 1. The molecule has 134 valence electrons. The zero-order chi connectivity index (χ0) is 18.7. The van der Waals surface area contributed by atoms with E-state index in [0.29, 0.717) is 29.1 Å². The summed E-state index contributed by atoms with van der Waals surface area (Å²) in [6.45, 7) is 2.18. The highest BCUT2D eigenvalue weighted by molar-refractivity contribution is 5.97. The van der Waals surface area contributed by atoms with E-state index in [1.807, 2.05) is 0 Å². The predicted molar refractivity (Wildman–Crippen MR) is 94.4 cm³/mol. The number of ether oxygens (including phenoxy) is 1. The molecule has 9 heteroatoms. The number of hydrogen-bond donors (Lipinski definition) is 1. The van der Waals surface area contributed by atoms with E-state index in [1.54, 1.807) is 38.2 Å². The second-order valence-electron chi connectivity index (χ2n) is 5.66. The molecule has 8 nitrogen and oxygen atoms in total. The topological polar surface area (TPSA) is 106 Å². The third kappa shape index (κ3) is 3.37. The molecule has 0 radical (unpaired) electrons. The summed E-state index contributed by atoms with van der Waals surface area (Å²) in [5.41, 5.74) is 1.87. The number of rotatable bonds is 3. The minimum atomic E-state index is -0.476. The van der Waals surface area contributed by atoms with Crippen molar-refractivity contribution in [3.05, 3.63) is 48.0 Å². The van der Waals surface area contributed by atoms with Crippen LogP contribution in [0.2, 0.25) is 0 Å². The molecule has 0 aliphatic carbocycles. The Kier molecular flexibility index (Phi) is 4.87. The van der Waals surface area contributed by atoms with Gasteiger partial charge in [-0.15, -0.1) is 5.11 Å². The van der Waals surface area contributed by atoms with Crippen LogP contribution in [0.15, 0.2) is 51.9 Å². The molecule has 2 heterocycles. The highest BCUT2D eigenvalue weighted by Crippen LogP contribution is 2.28. The first-order valence-electron chi connectivity index (χ1n) is 7.85. The zero-order valence-corrected chi connectivity index (χ0v) is 14.3. The lowest BCUT2D eigenvalue weighted by molar-refractivity contribution is 0.150. The lowest BCUT2D eigenvalue weighted by atomic mass is 10.1. The standard InChI is InChI=1S/C17H17FN6O2/c1-10-9-24(17(25)26-10)12-4-5-13(14(18)7-12)11-3-6-15(21-8-11)16(20-2)22-23-19/h3-8,10H,9H2,1-2H3,(H2,19,20,22). The molecule has 1 aliphatic rings. The van der Waals surface area contributed by atoms with E-state index in [9.17, 15) is 9.18 Å². The summed E-state index contributed by atoms with van der Waals surface area (Å²) >= 11 is 0. The van der Waals surface area contributed by atoms with Crippen molar-refractivity contribution in [2.75, 3.05) is 18.5 Å². The number of hydrogen-bond acceptors (Lipinski definition) is 5. The second-order valence-corrected chi connectivity index (χ2v) is 5.66. The summed E-state index contributed by atoms with van der Waals surface area (Å²) in [5.74, 6) is 4.84. The molecule has 3 rings (SSSR count). The first kappa shape index (κ1) is 17.5. The maximum absolute atomic E-state index is 14.6. The van der Waals surface area contributed by atoms with Crippen LogP contribution in [0.5, 0.6) is 0 Å². The fourth-order valence-electron chi connectivity index (χ4n) is 2.67. The van der Waals surface area contributed by atoms with Gasteiger partial charge in [0.2, 0.25) is 0 Å². The van der Waals surface area contributed by atoms with Gasteiger partial charge < -0.3 is 10.6 Å². The van der Waals surface area contributed by atoms with Crippen molar-refractivity contribution in [1.82, 2.24) is 4.98 Å². The molecule has 1 amide bonds. The largest absolute Gasteiger partial charge is 0.444 e. The van der Waals surface area contributed by atoms with Gasteiger partial charge in [-0.1, -0.05) is 11.3 Å². The number of aromatic nitrogens is 1. The number of nitrogens with zero attached hydrogens (tertiary/aromatic N) is 5. The number of benzene rings is 1. The molecule has 1 aromatic carbocycles. The molecule has 26 heavy (non-hydrogen) atoms. The lowest BCUT2D eigenvalue weighted by Crippen LogP contribution is -2.24. The number of halogens is 1. The van der Waals surface area contributed by atoms with E-state index in [1.165, 1.54) is 17.2 Å². The molecule has 2 N–H and O–H groups in total. The first-order valence-corrected chi connectivity index (χ1v) is 7.85. The second kappa shape index (κ2) is 7.26. The van der Waals surface area contributed by atoms with E-state index in [-0.39, 0.29) is 11.9 Å². The van der Waals surface area contributed by atoms with Crippen LogP contribution in [0.25, 0.3) is 11.1 Å². The van der Waals surface area contributed by atoms with Crippen LogP contribution < -0.4 is 10.7 Å². The average molecular weight is 356 g/mol. The van der Waals surface area contributed by atoms with Gasteiger partial charge in [0.1, 0.15) is 17.6 Å². The Balaban J connectivity index is 1.87. The smallest absolute Gasteiger partial charge is 0.414 e. The number of carbonyl (C=O) groups excluding carboxylic acids is 1. The number of amides is 1. The quantitative estimate of drug-likeness (QED) is 0.300. The van der Waals surface area contributed by atoms with E-state index in [2.05, 4.69) is 20.3 Å². The van der Waals surface area contributed by atoms with Crippen LogP contribution in [0.1, 0.15) is 12.6 Å². The molecule has 0 bridgehead atoms. The van der Waals surface area contributed by atoms with Gasteiger partial charge in [-0.2, -0.15) is 0 Å². The van der Waals surface area contributed by atoms with E-state index in [0.717, 1.165) is 0 Å². The van der Waals surface area contributed by atoms with Gasteiger partial charge in [0.05, 0.1) is 12.2 Å². The summed E-state index contributed by atoms with van der Waals surface area (Å²) in [7, 11) is 1.54. The normalized spacial score (nSPS) is 17.8. The van der Waals surface area contributed by atoms with Gasteiger partial charge in [0, 0.05) is 24.4 Å². The third-order valence-electron chi connectivity index (χ3n) is 3.89. The highest BCUT2D eigenvalue weighted by atomic mass is 19.1. The van der Waals surface area contributed by atoms with Gasteiger partial charge >= 0.3 is 6.09 Å². The summed E-state index contributed by atoms with van der Waals surface area (Å²) in [6, 6.07) is 7.94. The summed E-state index contributed by atoms with van der Waals surface area (Å²) in [4.78, 5) is 21.3. The number of nitrogens with two attached hydrogens (primary N) is 1. The molecule has 1 unspecified atom stereocenters. The molecule has 1 saturated heterocycles. The van der Waals surface area contributed by atoms with Crippen molar-refractivity contribution in [2.45, 2.75) is 13.0 Å². The number of anilines is 1. The lowest BCUT2D eigenvalue weighted by Gasteiger charge is -2.14. The molecule has 1 aliphatic heterocycles. The maximum Gasteiger partial charge on any atom is 0.414 e. The molecule has 2 aromatic rings.